The third-order valence-electron chi connectivity index (χ3n) is 4.46. The molecular formula is C20H21FN6. The van der Waals surface area contributed by atoms with Crippen LogP contribution in [-0.4, -0.2) is 37.7 Å². The van der Waals surface area contributed by atoms with E-state index in [2.05, 4.69) is 42.1 Å². The molecule has 1 aliphatic heterocycles. The molecule has 0 amide bonds. The summed E-state index contributed by atoms with van der Waals surface area (Å²) in [5, 5.41) is 7.84. The van der Waals surface area contributed by atoms with Gasteiger partial charge in [0.15, 0.2) is 0 Å². The smallest absolute Gasteiger partial charge is 0.222 e. The van der Waals surface area contributed by atoms with Crippen LogP contribution in [0.2, 0.25) is 0 Å². The van der Waals surface area contributed by atoms with Crippen LogP contribution in [0, 0.1) is 5.82 Å². The van der Waals surface area contributed by atoms with E-state index in [1.54, 1.807) is 30.6 Å². The van der Waals surface area contributed by atoms with Gasteiger partial charge in [-0.3, -0.25) is 9.58 Å². The van der Waals surface area contributed by atoms with Gasteiger partial charge >= 0.3 is 0 Å². The maximum Gasteiger partial charge on any atom is 0.222 e. The molecule has 0 bridgehead atoms. The summed E-state index contributed by atoms with van der Waals surface area (Å²) in [5.41, 5.74) is 3.21. The van der Waals surface area contributed by atoms with Crippen molar-refractivity contribution in [2.75, 3.05) is 18.4 Å². The van der Waals surface area contributed by atoms with E-state index in [4.69, 9.17) is 0 Å². The maximum atomic E-state index is 12.9. The fraction of sp³-hybridized carbons (Fsp3) is 0.250. The molecule has 0 atom stereocenters. The summed E-state index contributed by atoms with van der Waals surface area (Å²) in [7, 11) is 0. The first-order valence-electron chi connectivity index (χ1n) is 8.97. The van der Waals surface area contributed by atoms with Gasteiger partial charge < -0.3 is 5.32 Å². The van der Waals surface area contributed by atoms with Gasteiger partial charge in [-0.15, -0.1) is 0 Å². The van der Waals surface area contributed by atoms with Crippen LogP contribution in [0.3, 0.4) is 0 Å². The molecule has 6 nitrogen and oxygen atoms in total. The first-order valence-corrected chi connectivity index (χ1v) is 8.97. The van der Waals surface area contributed by atoms with Gasteiger partial charge in [-0.1, -0.05) is 24.3 Å². The Balaban J connectivity index is 1.31. The normalized spacial score (nSPS) is 14.4. The van der Waals surface area contributed by atoms with Gasteiger partial charge in [0.2, 0.25) is 5.95 Å². The summed E-state index contributed by atoms with van der Waals surface area (Å²) in [6, 6.07) is 10.5. The Labute approximate surface area is 157 Å². The average molecular weight is 364 g/mol. The molecule has 0 unspecified atom stereocenters. The van der Waals surface area contributed by atoms with Gasteiger partial charge in [0.1, 0.15) is 5.82 Å². The van der Waals surface area contributed by atoms with Gasteiger partial charge in [0, 0.05) is 32.0 Å². The van der Waals surface area contributed by atoms with Gasteiger partial charge in [0.05, 0.1) is 24.5 Å². The molecule has 0 fully saturated rings. The van der Waals surface area contributed by atoms with Crippen molar-refractivity contribution in [3.63, 3.8) is 0 Å². The number of halogens is 1. The second-order valence-corrected chi connectivity index (χ2v) is 6.47. The number of hydrogen-bond donors (Lipinski definition) is 1. The van der Waals surface area contributed by atoms with E-state index < -0.39 is 0 Å². The Hall–Kier alpha value is -3.06. The number of fused-ring (bicyclic) bond motifs is 1. The van der Waals surface area contributed by atoms with E-state index >= 15 is 0 Å². The lowest BCUT2D eigenvalue weighted by Gasteiger charge is -2.26. The van der Waals surface area contributed by atoms with Crippen LogP contribution in [0.5, 0.6) is 0 Å². The number of nitrogens with zero attached hydrogens (tertiary/aromatic N) is 5. The van der Waals surface area contributed by atoms with Crippen LogP contribution in [0.4, 0.5) is 10.3 Å². The Bertz CT molecular complexity index is 904. The van der Waals surface area contributed by atoms with E-state index in [0.29, 0.717) is 12.5 Å². The molecule has 0 aliphatic carbocycles. The zero-order valence-electron chi connectivity index (χ0n) is 14.9. The van der Waals surface area contributed by atoms with Gasteiger partial charge in [-0.05, 0) is 29.8 Å². The van der Waals surface area contributed by atoms with Gasteiger partial charge in [0.25, 0.3) is 0 Å². The first-order chi connectivity index (χ1) is 13.3. The van der Waals surface area contributed by atoms with Gasteiger partial charge in [-0.2, -0.15) is 5.10 Å². The average Bonchev–Trinajstić information content (AvgIpc) is 3.11. The number of anilines is 1. The maximum absolute atomic E-state index is 12.9. The highest BCUT2D eigenvalue weighted by Crippen LogP contribution is 2.15. The summed E-state index contributed by atoms with van der Waals surface area (Å²) < 4.78 is 15.0. The van der Waals surface area contributed by atoms with Crippen molar-refractivity contribution in [2.24, 2.45) is 0 Å². The number of aromatic nitrogens is 4. The molecule has 138 valence electrons. The largest absolute Gasteiger partial charge is 0.348 e. The topological polar surface area (TPSA) is 58.9 Å². The molecule has 0 saturated heterocycles. The van der Waals surface area contributed by atoms with E-state index in [-0.39, 0.29) is 5.82 Å². The first kappa shape index (κ1) is 17.4. The molecule has 0 radical (unpaired) electrons. The summed E-state index contributed by atoms with van der Waals surface area (Å²) in [6.07, 6.45) is 7.57. The minimum absolute atomic E-state index is 0.208. The zero-order valence-corrected chi connectivity index (χ0v) is 14.9. The summed E-state index contributed by atoms with van der Waals surface area (Å²) in [4.78, 5) is 10.7. The van der Waals surface area contributed by atoms with Crippen LogP contribution < -0.4 is 5.32 Å². The molecule has 0 saturated carbocycles. The summed E-state index contributed by atoms with van der Waals surface area (Å²) in [5.74, 6) is 0.400. The lowest BCUT2D eigenvalue weighted by atomic mass is 10.2. The third kappa shape index (κ3) is 4.57. The Morgan fingerprint density at radius 1 is 1.11 bits per heavy atom. The fourth-order valence-corrected chi connectivity index (χ4v) is 3.09. The Morgan fingerprint density at radius 2 is 1.93 bits per heavy atom. The zero-order chi connectivity index (χ0) is 18.5. The number of rotatable bonds is 6. The van der Waals surface area contributed by atoms with Crippen LogP contribution >= 0.6 is 0 Å². The summed E-state index contributed by atoms with van der Waals surface area (Å²) in [6.45, 7) is 4.16. The molecule has 0 spiro atoms. The molecule has 2 aromatic heterocycles. The van der Waals surface area contributed by atoms with Crippen molar-refractivity contribution in [3.8, 4) is 0 Å². The molecule has 1 aliphatic rings. The number of benzene rings is 1. The molecule has 3 heterocycles. The number of hydrogen-bond acceptors (Lipinski definition) is 5. The van der Waals surface area contributed by atoms with E-state index in [1.807, 2.05) is 6.08 Å². The predicted molar refractivity (Wildman–Crippen MR) is 102 cm³/mol. The molecule has 7 heteroatoms. The highest BCUT2D eigenvalue weighted by Gasteiger charge is 2.17. The lowest BCUT2D eigenvalue weighted by molar-refractivity contribution is 0.235. The monoisotopic (exact) mass is 364 g/mol. The van der Waals surface area contributed by atoms with Crippen molar-refractivity contribution in [3.05, 3.63) is 77.6 Å². The summed E-state index contributed by atoms with van der Waals surface area (Å²) >= 11 is 0. The molecule has 27 heavy (non-hydrogen) atoms. The van der Waals surface area contributed by atoms with Crippen molar-refractivity contribution < 1.29 is 4.39 Å². The van der Waals surface area contributed by atoms with Crippen molar-refractivity contribution in [1.82, 2.24) is 24.6 Å². The van der Waals surface area contributed by atoms with Crippen LogP contribution in [0.15, 0.2) is 54.9 Å². The number of nitrogens with one attached hydrogen (secondary N) is 1. The second kappa shape index (κ2) is 8.09. The van der Waals surface area contributed by atoms with E-state index in [1.165, 1.54) is 17.8 Å². The molecular weight excluding hydrogens is 343 g/mol. The van der Waals surface area contributed by atoms with Crippen LogP contribution in [0.25, 0.3) is 6.08 Å². The molecule has 3 aromatic rings. The van der Waals surface area contributed by atoms with Crippen LogP contribution in [-0.2, 0) is 19.6 Å². The molecule has 4 rings (SSSR count). The van der Waals surface area contributed by atoms with Crippen molar-refractivity contribution in [1.29, 1.82) is 0 Å². The Kier molecular flexibility index (Phi) is 5.20. The third-order valence-corrected chi connectivity index (χ3v) is 4.46. The quantitative estimate of drug-likeness (QED) is 0.729. The highest BCUT2D eigenvalue weighted by atomic mass is 19.1. The van der Waals surface area contributed by atoms with Gasteiger partial charge in [-0.25, -0.2) is 14.4 Å². The molecule has 1 aromatic carbocycles. The van der Waals surface area contributed by atoms with Crippen molar-refractivity contribution in [2.45, 2.75) is 19.6 Å². The molecule has 1 N–H and O–H groups in total. The van der Waals surface area contributed by atoms with Crippen LogP contribution in [0.1, 0.15) is 17.0 Å². The predicted octanol–water partition coefficient (Wildman–Crippen LogP) is 2.95. The highest BCUT2D eigenvalue weighted by molar-refractivity contribution is 5.49. The standard InChI is InChI=1S/C20H21FN6/c21-17-6-4-16(5-7-17)3-1-10-26-11-12-27-19(15-26)13-18(25-27)14-24-20-22-8-2-9-23-20/h1-9,13H,10-12,14-15H2,(H,22,23,24)/b3-1+. The van der Waals surface area contributed by atoms with E-state index in [9.17, 15) is 4.39 Å². The SMILES string of the molecule is Fc1ccc(/C=C/CN2CCn3nc(CNc4ncccn4)cc3C2)cc1. The lowest BCUT2D eigenvalue weighted by Crippen LogP contribution is -2.33. The fourth-order valence-electron chi connectivity index (χ4n) is 3.09. The van der Waals surface area contributed by atoms with Crippen molar-refractivity contribution >= 4 is 12.0 Å². The minimum Gasteiger partial charge on any atom is -0.348 e. The Morgan fingerprint density at radius 3 is 2.74 bits per heavy atom. The minimum atomic E-state index is -0.208. The second-order valence-electron chi connectivity index (χ2n) is 6.47. The van der Waals surface area contributed by atoms with E-state index in [0.717, 1.165) is 37.4 Å².